The van der Waals surface area contributed by atoms with E-state index in [-0.39, 0.29) is 34.2 Å². The first-order valence-electron chi connectivity index (χ1n) is 11.1. The number of methoxy groups -OCH3 is 2. The monoisotopic (exact) mass is 518 g/mol. The number of ether oxygens (including phenoxy) is 3. The van der Waals surface area contributed by atoms with Crippen molar-refractivity contribution in [3.8, 4) is 40.1 Å². The molecule has 0 saturated carbocycles. The van der Waals surface area contributed by atoms with Crippen LogP contribution in [-0.4, -0.2) is 74.6 Å². The van der Waals surface area contributed by atoms with Crippen molar-refractivity contribution < 1.29 is 54.1 Å². The van der Waals surface area contributed by atoms with E-state index in [9.17, 15) is 40.2 Å². The van der Waals surface area contributed by atoms with Crippen LogP contribution in [0.15, 0.2) is 33.5 Å². The maximum atomic E-state index is 13.1. The van der Waals surface area contributed by atoms with Gasteiger partial charge < -0.3 is 49.3 Å². The number of Topliss-reactive ketones (excluding diaryl/α,β-unsaturated/α-hetero) is 1. The van der Waals surface area contributed by atoms with Crippen molar-refractivity contribution in [2.75, 3.05) is 14.2 Å². The highest BCUT2D eigenvalue weighted by atomic mass is 16.5. The van der Waals surface area contributed by atoms with Crippen LogP contribution in [0, 0.1) is 0 Å². The number of aliphatic hydroxyl groups excluding tert-OH is 2. The lowest BCUT2D eigenvalue weighted by molar-refractivity contribution is -0.259. The van der Waals surface area contributed by atoms with Crippen molar-refractivity contribution in [3.05, 3.63) is 40.1 Å². The van der Waals surface area contributed by atoms with E-state index in [1.165, 1.54) is 33.3 Å². The molecule has 198 valence electrons. The molecule has 1 aliphatic heterocycles. The number of carbonyl (C=O) groups excluding carboxylic acids is 1. The van der Waals surface area contributed by atoms with Gasteiger partial charge in [0, 0.05) is 17.7 Å². The van der Waals surface area contributed by atoms with Crippen molar-refractivity contribution in [1.29, 1.82) is 0 Å². The van der Waals surface area contributed by atoms with Crippen molar-refractivity contribution >= 4 is 16.8 Å². The lowest BCUT2D eigenvalue weighted by Gasteiger charge is -2.46. The zero-order chi connectivity index (χ0) is 27.4. The van der Waals surface area contributed by atoms with Crippen molar-refractivity contribution in [2.45, 2.75) is 43.9 Å². The molecule has 1 aromatic heterocycles. The molecule has 6 N–H and O–H groups in total. The molecular formula is C25H26O12. The lowest BCUT2D eigenvalue weighted by atomic mass is 9.76. The third-order valence-electron chi connectivity index (χ3n) is 6.61. The molecule has 0 bridgehead atoms. The standard InChI is InChI=1S/C25H26O12/c1-9-20(29)23(32)25(33,10(2)26)24(36-9)19-13(28)8-15-18(22(19)31)12(27)7-14(37-15)11-5-16(34-3)21(30)17(6-11)35-4/h5-9,20,23-24,28-33H,1-4H3/t9-,20+,23+,24?,25-/m1/s1. The van der Waals surface area contributed by atoms with E-state index in [0.29, 0.717) is 0 Å². The van der Waals surface area contributed by atoms with Gasteiger partial charge in [0.25, 0.3) is 0 Å². The Hall–Kier alpha value is -3.84. The number of carbonyl (C=O) groups is 1. The summed E-state index contributed by atoms with van der Waals surface area (Å²) in [5.74, 6) is -2.81. The fraction of sp³-hybridized carbons (Fsp3) is 0.360. The predicted molar refractivity (Wildman–Crippen MR) is 127 cm³/mol. The van der Waals surface area contributed by atoms with Crippen LogP contribution in [0.2, 0.25) is 0 Å². The Balaban J connectivity index is 1.93. The largest absolute Gasteiger partial charge is 0.507 e. The maximum Gasteiger partial charge on any atom is 0.200 e. The van der Waals surface area contributed by atoms with E-state index < -0.39 is 63.7 Å². The third-order valence-corrected chi connectivity index (χ3v) is 6.61. The normalized spacial score (nSPS) is 25.7. The molecule has 3 aromatic rings. The van der Waals surface area contributed by atoms with Gasteiger partial charge in [-0.2, -0.15) is 0 Å². The molecule has 1 fully saturated rings. The van der Waals surface area contributed by atoms with Crippen LogP contribution < -0.4 is 14.9 Å². The number of aliphatic hydroxyl groups is 3. The third kappa shape index (κ3) is 3.94. The van der Waals surface area contributed by atoms with Crippen LogP contribution in [0.3, 0.4) is 0 Å². The summed E-state index contributed by atoms with van der Waals surface area (Å²) in [4.78, 5) is 25.5. The summed E-state index contributed by atoms with van der Waals surface area (Å²) in [6.07, 6.45) is -6.63. The van der Waals surface area contributed by atoms with E-state index in [1.807, 2.05) is 0 Å². The van der Waals surface area contributed by atoms with Gasteiger partial charge in [0.15, 0.2) is 28.3 Å². The maximum absolute atomic E-state index is 13.1. The first kappa shape index (κ1) is 26.2. The zero-order valence-corrected chi connectivity index (χ0v) is 20.3. The second-order valence-corrected chi connectivity index (χ2v) is 8.77. The van der Waals surface area contributed by atoms with Gasteiger partial charge >= 0.3 is 0 Å². The van der Waals surface area contributed by atoms with Crippen LogP contribution in [0.4, 0.5) is 0 Å². The van der Waals surface area contributed by atoms with Crippen LogP contribution >= 0.6 is 0 Å². The topological polar surface area (TPSA) is 196 Å². The molecule has 0 amide bonds. The van der Waals surface area contributed by atoms with Gasteiger partial charge in [0.2, 0.25) is 5.75 Å². The average Bonchev–Trinajstić information content (AvgIpc) is 2.85. The van der Waals surface area contributed by atoms with Gasteiger partial charge in [-0.1, -0.05) is 0 Å². The number of phenolic OH excluding ortho intramolecular Hbond substituents is 3. The first-order chi connectivity index (χ1) is 17.4. The summed E-state index contributed by atoms with van der Waals surface area (Å²) in [5, 5.41) is 63.3. The summed E-state index contributed by atoms with van der Waals surface area (Å²) in [7, 11) is 2.64. The van der Waals surface area contributed by atoms with Crippen LogP contribution in [0.1, 0.15) is 25.5 Å². The summed E-state index contributed by atoms with van der Waals surface area (Å²) in [6.45, 7) is 2.30. The summed E-state index contributed by atoms with van der Waals surface area (Å²) in [6, 6.07) is 4.78. The highest BCUT2D eigenvalue weighted by molar-refractivity contribution is 5.91. The Bertz CT molecular complexity index is 1420. The number of phenols is 3. The SMILES string of the molecule is COc1cc(-c2cc(=O)c3c(O)c(C4O[C@H](C)[C@H](O)[C@H](O)[C@]4(O)C(C)=O)c(O)cc3o2)cc(OC)c1O. The molecule has 1 aliphatic rings. The molecule has 12 nitrogen and oxygen atoms in total. The Morgan fingerprint density at radius 1 is 1.00 bits per heavy atom. The fourth-order valence-corrected chi connectivity index (χ4v) is 4.49. The number of aromatic hydroxyl groups is 3. The smallest absolute Gasteiger partial charge is 0.200 e. The number of fused-ring (bicyclic) bond motifs is 1. The number of hydrogen-bond acceptors (Lipinski definition) is 12. The van der Waals surface area contributed by atoms with Crippen molar-refractivity contribution in [3.63, 3.8) is 0 Å². The van der Waals surface area contributed by atoms with Crippen molar-refractivity contribution in [2.24, 2.45) is 0 Å². The fourth-order valence-electron chi connectivity index (χ4n) is 4.49. The van der Waals surface area contributed by atoms with Gasteiger partial charge in [0.05, 0.1) is 25.9 Å². The van der Waals surface area contributed by atoms with Crippen LogP contribution in [0.25, 0.3) is 22.3 Å². The van der Waals surface area contributed by atoms with E-state index in [0.717, 1.165) is 19.1 Å². The Morgan fingerprint density at radius 2 is 1.59 bits per heavy atom. The zero-order valence-electron chi connectivity index (χ0n) is 20.3. The molecule has 5 atom stereocenters. The quantitative estimate of drug-likeness (QED) is 0.282. The second-order valence-electron chi connectivity index (χ2n) is 8.77. The van der Waals surface area contributed by atoms with Gasteiger partial charge in [-0.15, -0.1) is 0 Å². The van der Waals surface area contributed by atoms with Crippen LogP contribution in [0.5, 0.6) is 28.7 Å². The summed E-state index contributed by atoms with van der Waals surface area (Å²) >= 11 is 0. The molecule has 4 rings (SSSR count). The number of benzene rings is 2. The van der Waals surface area contributed by atoms with E-state index >= 15 is 0 Å². The van der Waals surface area contributed by atoms with Gasteiger partial charge in [-0.3, -0.25) is 9.59 Å². The molecule has 2 aromatic carbocycles. The Labute approximate surface area is 209 Å². The minimum atomic E-state index is -2.76. The Morgan fingerprint density at radius 3 is 2.14 bits per heavy atom. The molecule has 1 saturated heterocycles. The molecule has 12 heteroatoms. The molecule has 0 radical (unpaired) electrons. The second kappa shape index (κ2) is 9.23. The highest BCUT2D eigenvalue weighted by Gasteiger charge is 2.58. The van der Waals surface area contributed by atoms with E-state index in [2.05, 4.69) is 0 Å². The summed E-state index contributed by atoms with van der Waals surface area (Å²) in [5.41, 5.74) is -4.06. The van der Waals surface area contributed by atoms with Gasteiger partial charge in [0.1, 0.15) is 46.5 Å². The molecule has 0 aliphatic carbocycles. The van der Waals surface area contributed by atoms with Crippen LogP contribution in [-0.2, 0) is 9.53 Å². The number of ketones is 1. The molecular weight excluding hydrogens is 492 g/mol. The lowest BCUT2D eigenvalue weighted by Crippen LogP contribution is -2.64. The van der Waals surface area contributed by atoms with Gasteiger partial charge in [-0.05, 0) is 26.0 Å². The molecule has 2 heterocycles. The van der Waals surface area contributed by atoms with E-state index in [1.54, 1.807) is 0 Å². The highest BCUT2D eigenvalue weighted by Crippen LogP contribution is 2.49. The van der Waals surface area contributed by atoms with E-state index in [4.69, 9.17) is 18.6 Å². The minimum Gasteiger partial charge on any atom is -0.507 e. The number of hydrogen-bond donors (Lipinski definition) is 6. The first-order valence-corrected chi connectivity index (χ1v) is 11.1. The molecule has 0 spiro atoms. The number of rotatable bonds is 5. The van der Waals surface area contributed by atoms with Crippen molar-refractivity contribution in [1.82, 2.24) is 0 Å². The molecule has 37 heavy (non-hydrogen) atoms. The summed E-state index contributed by atoms with van der Waals surface area (Å²) < 4.78 is 21.5. The molecule has 1 unspecified atom stereocenters. The predicted octanol–water partition coefficient (Wildman–Crippen LogP) is 1.10. The minimum absolute atomic E-state index is 0.0259. The average molecular weight is 518 g/mol. The Kier molecular flexibility index (Phi) is 6.54. The van der Waals surface area contributed by atoms with Gasteiger partial charge in [-0.25, -0.2) is 0 Å².